The Morgan fingerprint density at radius 3 is 1.72 bits per heavy atom. The number of aliphatic hydroxyl groups is 1. The summed E-state index contributed by atoms with van der Waals surface area (Å²) in [5.74, 6) is 0. The molecule has 0 spiro atoms. The molecule has 1 aliphatic rings. The van der Waals surface area contributed by atoms with E-state index in [1.165, 1.54) is 0 Å². The van der Waals surface area contributed by atoms with Crippen molar-refractivity contribution in [2.45, 2.75) is 32.7 Å². The summed E-state index contributed by atoms with van der Waals surface area (Å²) in [5, 5.41) is 7.46. The molecule has 0 radical (unpaired) electrons. The molecule has 0 amide bonds. The molecule has 18 heavy (non-hydrogen) atoms. The van der Waals surface area contributed by atoms with E-state index >= 15 is 0 Å². The number of rotatable bonds is 0. The van der Waals surface area contributed by atoms with Gasteiger partial charge >= 0.3 is 26.8 Å². The molecule has 0 aromatic heterocycles. The monoisotopic (exact) mass is 347 g/mol. The third-order valence-electron chi connectivity index (χ3n) is 0.586. The molecule has 0 aromatic carbocycles. The molecule has 1 rings (SSSR count). The molecule has 0 saturated heterocycles. The summed E-state index contributed by atoms with van der Waals surface area (Å²) < 4.78 is 0. The molecule has 0 heterocycles. The zero-order valence-corrected chi connectivity index (χ0v) is 16.4. The van der Waals surface area contributed by atoms with Crippen LogP contribution in [0.5, 0.6) is 0 Å². The molecule has 0 aliphatic heterocycles. The molecule has 2 nitrogen and oxygen atoms in total. The summed E-state index contributed by atoms with van der Waals surface area (Å²) in [5.41, 5.74) is 6.69. The summed E-state index contributed by atoms with van der Waals surface area (Å²) in [4.78, 5) is 0. The first-order valence-electron chi connectivity index (χ1n) is 4.64. The molecule has 0 fully saturated rings. The van der Waals surface area contributed by atoms with E-state index in [1.54, 1.807) is 0 Å². The van der Waals surface area contributed by atoms with Gasteiger partial charge in [0.05, 0.1) is 0 Å². The van der Waals surface area contributed by atoms with Gasteiger partial charge in [-0.3, -0.25) is 6.08 Å². The molecule has 0 bridgehead atoms. The van der Waals surface area contributed by atoms with Crippen LogP contribution in [0.25, 0.3) is 5.73 Å². The van der Waals surface area contributed by atoms with Crippen molar-refractivity contribution >= 4 is 32.4 Å². The Bertz CT molecular complexity index is 158. The van der Waals surface area contributed by atoms with Crippen LogP contribution in [0.3, 0.4) is 0 Å². The predicted octanol–water partition coefficient (Wildman–Crippen LogP) is 3.33. The number of aliphatic hydroxyl groups excluding tert-OH is 1. The SMILES string of the molecule is CC(C)(C)[NH-].Cl.Cl.[C-]1=CC=CC1.[CH2-]CO.[CH3-].[SiH2]=[Ti]. The molecular formula is C12H27Cl2NOSiTi-4. The summed E-state index contributed by atoms with van der Waals surface area (Å²) >= 11 is 2.03. The second kappa shape index (κ2) is 30.7. The van der Waals surface area contributed by atoms with Crippen molar-refractivity contribution in [2.24, 2.45) is 0 Å². The topological polar surface area (TPSA) is 44.0 Å². The van der Waals surface area contributed by atoms with Crippen LogP contribution in [0.15, 0.2) is 18.2 Å². The van der Waals surface area contributed by atoms with Gasteiger partial charge in [-0.15, -0.1) is 36.8 Å². The van der Waals surface area contributed by atoms with Crippen LogP contribution in [-0.4, -0.2) is 24.9 Å². The molecule has 0 unspecified atom stereocenters. The molecule has 2 N–H and O–H groups in total. The van der Waals surface area contributed by atoms with Crippen LogP contribution in [0.1, 0.15) is 27.2 Å². The van der Waals surface area contributed by atoms with Crippen molar-refractivity contribution in [1.82, 2.24) is 0 Å². The Hall–Kier alpha value is 0.911. The average molecular weight is 348 g/mol. The Kier molecular flexibility index (Phi) is 62.1. The second-order valence-corrected chi connectivity index (χ2v) is 3.48. The maximum absolute atomic E-state index is 7.46. The number of hydrogen-bond acceptors (Lipinski definition) is 1. The quantitative estimate of drug-likeness (QED) is 0.530. The van der Waals surface area contributed by atoms with E-state index in [-0.39, 0.29) is 44.4 Å². The van der Waals surface area contributed by atoms with Gasteiger partial charge in [-0.05, 0) is 0 Å². The van der Waals surface area contributed by atoms with Crippen LogP contribution >= 0.6 is 24.8 Å². The van der Waals surface area contributed by atoms with E-state index in [0.29, 0.717) is 0 Å². The summed E-state index contributed by atoms with van der Waals surface area (Å²) in [7, 11) is 1.86. The number of halogens is 2. The molecular weight excluding hydrogens is 321 g/mol. The maximum atomic E-state index is 7.46. The summed E-state index contributed by atoms with van der Waals surface area (Å²) in [6.45, 7) is 8.60. The first-order chi connectivity index (χ1) is 6.91. The van der Waals surface area contributed by atoms with E-state index in [0.717, 1.165) is 6.42 Å². The van der Waals surface area contributed by atoms with Crippen molar-refractivity contribution in [3.8, 4) is 0 Å². The van der Waals surface area contributed by atoms with Crippen LogP contribution in [0, 0.1) is 20.4 Å². The summed E-state index contributed by atoms with van der Waals surface area (Å²) in [6.07, 6.45) is 10.0. The molecule has 0 saturated carbocycles. The first kappa shape index (κ1) is 36.4. The molecule has 0 atom stereocenters. The second-order valence-electron chi connectivity index (χ2n) is 3.48. The van der Waals surface area contributed by atoms with E-state index < -0.39 is 0 Å². The standard InChI is InChI=1S/C5H5.C4H10N.C2H5O.CH3.2ClH.H2Si.Ti/c1-2-4-5-3-1;1-4(2,3)5;1-2-3;;;;;/h1-3H,4H2;5H,1-3H3;3H,1-2H2;1H3;2*1H;1H2;/q4*-1;;;;. The van der Waals surface area contributed by atoms with Gasteiger partial charge in [0.25, 0.3) is 0 Å². The predicted molar refractivity (Wildman–Crippen MR) is 87.5 cm³/mol. The van der Waals surface area contributed by atoms with Gasteiger partial charge in [0.2, 0.25) is 0 Å². The summed E-state index contributed by atoms with van der Waals surface area (Å²) in [6, 6.07) is 0. The third kappa shape index (κ3) is 123. The van der Waals surface area contributed by atoms with Crippen molar-refractivity contribution in [3.05, 3.63) is 44.4 Å². The fraction of sp³-hybridized carbons (Fsp3) is 0.500. The van der Waals surface area contributed by atoms with Crippen molar-refractivity contribution in [3.63, 3.8) is 0 Å². The van der Waals surface area contributed by atoms with Crippen molar-refractivity contribution in [2.75, 3.05) is 6.61 Å². The molecule has 6 heteroatoms. The van der Waals surface area contributed by atoms with Crippen molar-refractivity contribution < 1.29 is 24.3 Å². The Balaban J connectivity index is -0.0000000266. The fourth-order valence-corrected chi connectivity index (χ4v) is 0.340. The van der Waals surface area contributed by atoms with Crippen LogP contribution in [0.2, 0.25) is 0 Å². The van der Waals surface area contributed by atoms with E-state index in [9.17, 15) is 0 Å². The minimum absolute atomic E-state index is 0. The minimum atomic E-state index is -0.250. The zero-order valence-electron chi connectivity index (χ0n) is 11.8. The average Bonchev–Trinajstić information content (AvgIpc) is 2.61. The van der Waals surface area contributed by atoms with Gasteiger partial charge in [0.1, 0.15) is 0 Å². The first-order valence-corrected chi connectivity index (χ1v) is 8.66. The van der Waals surface area contributed by atoms with Gasteiger partial charge in [-0.1, -0.05) is 27.4 Å². The Morgan fingerprint density at radius 1 is 1.39 bits per heavy atom. The van der Waals surface area contributed by atoms with Gasteiger partial charge in [-0.25, -0.2) is 12.2 Å². The van der Waals surface area contributed by atoms with E-state index in [2.05, 4.69) is 19.1 Å². The van der Waals surface area contributed by atoms with Gasteiger partial charge in [0, 0.05) is 0 Å². The molecule has 0 aromatic rings. The van der Waals surface area contributed by atoms with Crippen LogP contribution in [-0.2, 0) is 19.2 Å². The number of hydrogen-bond donors (Lipinski definition) is 1. The number of allylic oxidation sites excluding steroid dienone is 4. The fourth-order valence-electron chi connectivity index (χ4n) is 0.340. The van der Waals surface area contributed by atoms with Gasteiger partial charge in [0.15, 0.2) is 0 Å². The van der Waals surface area contributed by atoms with Gasteiger partial charge < -0.3 is 25.2 Å². The van der Waals surface area contributed by atoms with Crippen LogP contribution < -0.4 is 0 Å². The van der Waals surface area contributed by atoms with Crippen molar-refractivity contribution in [1.29, 1.82) is 0 Å². The third-order valence-corrected chi connectivity index (χ3v) is 0.586. The zero-order chi connectivity index (χ0) is 12.7. The molecule has 112 valence electrons. The Morgan fingerprint density at radius 2 is 1.67 bits per heavy atom. The van der Waals surface area contributed by atoms with Gasteiger partial charge in [-0.2, -0.15) is 6.08 Å². The number of nitrogens with one attached hydrogen (secondary N) is 1. The Labute approximate surface area is 140 Å². The van der Waals surface area contributed by atoms with E-state index in [4.69, 9.17) is 10.8 Å². The van der Waals surface area contributed by atoms with E-state index in [1.807, 2.05) is 59.7 Å². The van der Waals surface area contributed by atoms with Crippen LogP contribution in [0.4, 0.5) is 0 Å². The molecule has 1 aliphatic carbocycles. The normalized spacial score (nSPS) is 9.39.